The minimum Gasteiger partial charge on any atom is -0.454 e. The van der Waals surface area contributed by atoms with Crippen molar-refractivity contribution in [3.05, 3.63) is 46.5 Å². The van der Waals surface area contributed by atoms with Crippen molar-refractivity contribution in [1.82, 2.24) is 14.7 Å². The summed E-state index contributed by atoms with van der Waals surface area (Å²) >= 11 is 0. The number of ether oxygens (including phenoxy) is 1. The monoisotopic (exact) mass is 345 g/mol. The van der Waals surface area contributed by atoms with Gasteiger partial charge in [0.2, 0.25) is 0 Å². The molecule has 2 heterocycles. The van der Waals surface area contributed by atoms with Crippen LogP contribution in [0.25, 0.3) is 11.1 Å². The fraction of sp³-hybridized carbons (Fsp3) is 0.412. The van der Waals surface area contributed by atoms with Crippen LogP contribution in [0.5, 0.6) is 0 Å². The first-order valence-electron chi connectivity index (χ1n) is 7.87. The van der Waals surface area contributed by atoms with Crippen LogP contribution in [0.1, 0.15) is 45.5 Å². The van der Waals surface area contributed by atoms with E-state index in [1.165, 1.54) is 4.57 Å². The molecule has 0 fully saturated rings. The molecule has 0 spiro atoms. The number of nitrogens with zero attached hydrogens (tertiary/aromatic N) is 3. The molecule has 0 aliphatic heterocycles. The number of carbonyl (C=O) groups is 1. The minimum atomic E-state index is -0.846. The predicted molar refractivity (Wildman–Crippen MR) is 88.0 cm³/mol. The SMILES string of the molecule is CC(C(=O)OCc1nc(C(C)(C)C)no1)n1c(=O)oc2ccccc21. The van der Waals surface area contributed by atoms with Crippen LogP contribution in [0.4, 0.5) is 0 Å². The van der Waals surface area contributed by atoms with E-state index in [-0.39, 0.29) is 17.9 Å². The van der Waals surface area contributed by atoms with Gasteiger partial charge in [-0.2, -0.15) is 4.98 Å². The number of benzene rings is 1. The number of fused-ring (bicyclic) bond motifs is 1. The first-order chi connectivity index (χ1) is 11.8. The molecule has 0 radical (unpaired) electrons. The fourth-order valence-corrected chi connectivity index (χ4v) is 2.33. The maximum absolute atomic E-state index is 12.3. The van der Waals surface area contributed by atoms with Gasteiger partial charge in [-0.3, -0.25) is 4.57 Å². The Morgan fingerprint density at radius 2 is 2.04 bits per heavy atom. The molecule has 0 N–H and O–H groups in total. The topological polar surface area (TPSA) is 100 Å². The highest BCUT2D eigenvalue weighted by Gasteiger charge is 2.24. The molecule has 0 aliphatic rings. The molecule has 0 saturated heterocycles. The van der Waals surface area contributed by atoms with Crippen LogP contribution in [-0.2, 0) is 21.6 Å². The first-order valence-corrected chi connectivity index (χ1v) is 7.87. The number of hydrogen-bond donors (Lipinski definition) is 0. The predicted octanol–water partition coefficient (Wildman–Crippen LogP) is 2.58. The van der Waals surface area contributed by atoms with Crippen LogP contribution in [0.3, 0.4) is 0 Å². The Balaban J connectivity index is 1.74. The lowest BCUT2D eigenvalue weighted by Gasteiger charge is -2.11. The maximum atomic E-state index is 12.3. The highest BCUT2D eigenvalue weighted by molar-refractivity contribution is 5.79. The second-order valence-corrected chi connectivity index (χ2v) is 6.75. The van der Waals surface area contributed by atoms with Crippen LogP contribution in [0.2, 0.25) is 0 Å². The quantitative estimate of drug-likeness (QED) is 0.670. The Hall–Kier alpha value is -2.90. The van der Waals surface area contributed by atoms with E-state index in [0.29, 0.717) is 16.9 Å². The van der Waals surface area contributed by atoms with Crippen LogP contribution >= 0.6 is 0 Å². The van der Waals surface area contributed by atoms with Gasteiger partial charge in [0.15, 0.2) is 18.0 Å². The lowest BCUT2D eigenvalue weighted by molar-refractivity contribution is -0.149. The van der Waals surface area contributed by atoms with Crippen molar-refractivity contribution in [1.29, 1.82) is 0 Å². The molecular weight excluding hydrogens is 326 g/mol. The molecule has 8 nitrogen and oxygen atoms in total. The van der Waals surface area contributed by atoms with E-state index in [9.17, 15) is 9.59 Å². The van der Waals surface area contributed by atoms with Gasteiger partial charge in [-0.05, 0) is 19.1 Å². The first kappa shape index (κ1) is 16.9. The van der Waals surface area contributed by atoms with E-state index >= 15 is 0 Å². The Kier molecular flexibility index (Phi) is 4.20. The third-order valence-electron chi connectivity index (χ3n) is 3.72. The summed E-state index contributed by atoms with van der Waals surface area (Å²) in [5.41, 5.74) is 0.686. The molecule has 1 aromatic carbocycles. The van der Waals surface area contributed by atoms with Gasteiger partial charge in [0.25, 0.3) is 5.89 Å². The molecule has 0 aliphatic carbocycles. The average Bonchev–Trinajstić information content (AvgIpc) is 3.15. The third-order valence-corrected chi connectivity index (χ3v) is 3.72. The van der Waals surface area contributed by atoms with Gasteiger partial charge in [0.05, 0.1) is 5.52 Å². The number of rotatable bonds is 4. The Labute approximate surface area is 143 Å². The average molecular weight is 345 g/mol. The van der Waals surface area contributed by atoms with E-state index in [4.69, 9.17) is 13.7 Å². The van der Waals surface area contributed by atoms with Crippen LogP contribution in [0.15, 0.2) is 38.0 Å². The van der Waals surface area contributed by atoms with Crippen molar-refractivity contribution in [3.8, 4) is 0 Å². The number of hydrogen-bond acceptors (Lipinski definition) is 7. The van der Waals surface area contributed by atoms with E-state index < -0.39 is 17.8 Å². The molecule has 3 rings (SSSR count). The van der Waals surface area contributed by atoms with Crippen LogP contribution in [-0.4, -0.2) is 20.7 Å². The standard InChI is InChI=1S/C17H19N3O5/c1-10(20-11-7-5-6-8-12(11)24-16(20)22)14(21)23-9-13-18-15(19-25-13)17(2,3)4/h5-8,10H,9H2,1-4H3. The number of esters is 1. The molecule has 0 saturated carbocycles. The number of para-hydroxylation sites is 2. The highest BCUT2D eigenvalue weighted by atomic mass is 16.6. The Morgan fingerprint density at radius 3 is 2.72 bits per heavy atom. The second kappa shape index (κ2) is 6.19. The van der Waals surface area contributed by atoms with Crippen molar-refractivity contribution in [3.63, 3.8) is 0 Å². The molecule has 25 heavy (non-hydrogen) atoms. The van der Waals surface area contributed by atoms with Crippen LogP contribution < -0.4 is 5.76 Å². The van der Waals surface area contributed by atoms with Gasteiger partial charge in [-0.25, -0.2) is 9.59 Å². The summed E-state index contributed by atoms with van der Waals surface area (Å²) in [6.45, 7) is 7.27. The van der Waals surface area contributed by atoms with Crippen molar-refractivity contribution < 1.29 is 18.5 Å². The summed E-state index contributed by atoms with van der Waals surface area (Å²) in [5.74, 6) is -0.471. The zero-order valence-corrected chi connectivity index (χ0v) is 14.5. The summed E-state index contributed by atoms with van der Waals surface area (Å²) < 4.78 is 16.7. The molecular formula is C17H19N3O5. The van der Waals surface area contributed by atoms with E-state index in [0.717, 1.165) is 0 Å². The number of oxazole rings is 1. The molecule has 1 atom stereocenters. The largest absolute Gasteiger partial charge is 0.454 e. The highest BCUT2D eigenvalue weighted by Crippen LogP contribution is 2.20. The number of aromatic nitrogens is 3. The van der Waals surface area contributed by atoms with Crippen molar-refractivity contribution in [2.75, 3.05) is 0 Å². The molecule has 2 aromatic heterocycles. The Bertz CT molecular complexity index is 960. The lowest BCUT2D eigenvalue weighted by Crippen LogP contribution is -2.26. The zero-order chi connectivity index (χ0) is 18.2. The maximum Gasteiger partial charge on any atom is 0.420 e. The van der Waals surface area contributed by atoms with Gasteiger partial charge in [0.1, 0.15) is 6.04 Å². The molecule has 0 bridgehead atoms. The summed E-state index contributed by atoms with van der Waals surface area (Å²) in [6.07, 6.45) is 0. The summed E-state index contributed by atoms with van der Waals surface area (Å²) in [5, 5.41) is 3.87. The van der Waals surface area contributed by atoms with Gasteiger partial charge >= 0.3 is 11.7 Å². The van der Waals surface area contributed by atoms with Crippen LogP contribution in [0, 0.1) is 0 Å². The summed E-state index contributed by atoms with van der Waals surface area (Å²) in [6, 6.07) is 6.04. The van der Waals surface area contributed by atoms with Crippen molar-refractivity contribution in [2.24, 2.45) is 0 Å². The molecule has 0 amide bonds. The normalized spacial score (nSPS) is 13.1. The third kappa shape index (κ3) is 3.33. The van der Waals surface area contributed by atoms with Gasteiger partial charge in [-0.1, -0.05) is 38.1 Å². The van der Waals surface area contributed by atoms with Gasteiger partial charge in [0, 0.05) is 5.41 Å². The molecule has 3 aromatic rings. The Morgan fingerprint density at radius 1 is 1.32 bits per heavy atom. The van der Waals surface area contributed by atoms with Crippen molar-refractivity contribution in [2.45, 2.75) is 45.8 Å². The number of carbonyl (C=O) groups excluding carboxylic acids is 1. The minimum absolute atomic E-state index is 0.156. The van der Waals surface area contributed by atoms with E-state index in [2.05, 4.69) is 10.1 Å². The van der Waals surface area contributed by atoms with Crippen molar-refractivity contribution >= 4 is 17.1 Å². The second-order valence-electron chi connectivity index (χ2n) is 6.75. The summed E-state index contributed by atoms with van der Waals surface area (Å²) in [4.78, 5) is 28.5. The molecule has 1 unspecified atom stereocenters. The lowest BCUT2D eigenvalue weighted by atomic mass is 9.96. The fourth-order valence-electron chi connectivity index (χ4n) is 2.33. The molecule has 8 heteroatoms. The zero-order valence-electron chi connectivity index (χ0n) is 14.5. The summed E-state index contributed by atoms with van der Waals surface area (Å²) in [7, 11) is 0. The van der Waals surface area contributed by atoms with Gasteiger partial charge in [-0.15, -0.1) is 0 Å². The van der Waals surface area contributed by atoms with E-state index in [1.807, 2.05) is 20.8 Å². The molecule has 132 valence electrons. The van der Waals surface area contributed by atoms with Gasteiger partial charge < -0.3 is 13.7 Å². The smallest absolute Gasteiger partial charge is 0.420 e. The van der Waals surface area contributed by atoms with E-state index in [1.54, 1.807) is 31.2 Å².